The Balaban J connectivity index is 4.20. The van der Waals surface area contributed by atoms with Gasteiger partial charge in [0.1, 0.15) is 12.7 Å². The van der Waals surface area contributed by atoms with Crippen molar-refractivity contribution >= 4 is 19.8 Å². The molecule has 3 unspecified atom stereocenters. The van der Waals surface area contributed by atoms with Crippen molar-refractivity contribution in [2.75, 3.05) is 26.4 Å². The number of ether oxygens (including phenoxy) is 2. The highest BCUT2D eigenvalue weighted by Crippen LogP contribution is 2.43. The zero-order valence-corrected chi connectivity index (χ0v) is 29.5. The molecule has 0 aliphatic rings. The number of hydrogen-bond donors (Lipinski definition) is 3. The molecule has 0 aromatic rings. The topological polar surface area (TPSA) is 149 Å². The molecule has 0 radical (unpaired) electrons. The van der Waals surface area contributed by atoms with Crippen LogP contribution < -0.4 is 0 Å². The summed E-state index contributed by atoms with van der Waals surface area (Å²) >= 11 is 0. The molecule has 45 heavy (non-hydrogen) atoms. The number of aliphatic hydroxyl groups excluding tert-OH is 2. The zero-order valence-electron chi connectivity index (χ0n) is 28.6. The van der Waals surface area contributed by atoms with E-state index < -0.39 is 51.8 Å². The third kappa shape index (κ3) is 31.3. The van der Waals surface area contributed by atoms with E-state index in [0.717, 1.165) is 44.9 Å². The van der Waals surface area contributed by atoms with Crippen molar-refractivity contribution in [3.8, 4) is 0 Å². The van der Waals surface area contributed by atoms with Crippen molar-refractivity contribution < 1.29 is 47.8 Å². The fraction of sp³-hybridized carbons (Fsp3) is 0.941. The van der Waals surface area contributed by atoms with Crippen LogP contribution in [0.2, 0.25) is 0 Å². The molecule has 0 rings (SSSR count). The van der Waals surface area contributed by atoms with Crippen molar-refractivity contribution in [1.29, 1.82) is 0 Å². The lowest BCUT2D eigenvalue weighted by atomic mass is 10.0. The van der Waals surface area contributed by atoms with Crippen LogP contribution in [0.4, 0.5) is 0 Å². The Morgan fingerprint density at radius 1 is 0.578 bits per heavy atom. The normalized spacial score (nSPS) is 14.2. The molecule has 10 nitrogen and oxygen atoms in total. The van der Waals surface area contributed by atoms with Crippen LogP contribution in [0.25, 0.3) is 0 Å². The Hall–Kier alpha value is -1.03. The van der Waals surface area contributed by atoms with E-state index >= 15 is 0 Å². The fourth-order valence-corrected chi connectivity index (χ4v) is 5.72. The molecule has 3 N–H and O–H groups in total. The minimum absolute atomic E-state index is 0.191. The van der Waals surface area contributed by atoms with Gasteiger partial charge >= 0.3 is 19.8 Å². The van der Waals surface area contributed by atoms with Crippen molar-refractivity contribution in [3.05, 3.63) is 0 Å². The van der Waals surface area contributed by atoms with Gasteiger partial charge in [0.05, 0.1) is 19.8 Å². The summed E-state index contributed by atoms with van der Waals surface area (Å²) in [4.78, 5) is 34.4. The first-order chi connectivity index (χ1) is 21.7. The Labute approximate surface area is 273 Å². The van der Waals surface area contributed by atoms with Crippen LogP contribution in [0, 0.1) is 0 Å². The molecular formula is C34H67O10P. The summed E-state index contributed by atoms with van der Waals surface area (Å²) in [5.41, 5.74) is 0. The molecule has 0 aromatic carbocycles. The first-order valence-corrected chi connectivity index (χ1v) is 19.5. The first kappa shape index (κ1) is 44.0. The maximum absolute atomic E-state index is 12.5. The lowest BCUT2D eigenvalue weighted by molar-refractivity contribution is -0.161. The molecule has 0 fully saturated rings. The minimum atomic E-state index is -4.59. The van der Waals surface area contributed by atoms with Crippen LogP contribution in [0.15, 0.2) is 0 Å². The molecular weight excluding hydrogens is 599 g/mol. The summed E-state index contributed by atoms with van der Waals surface area (Å²) < 4.78 is 32.3. The van der Waals surface area contributed by atoms with Crippen molar-refractivity contribution in [3.63, 3.8) is 0 Å². The minimum Gasteiger partial charge on any atom is -0.462 e. The van der Waals surface area contributed by atoms with Gasteiger partial charge in [-0.15, -0.1) is 0 Å². The maximum atomic E-state index is 12.5. The second kappa shape index (κ2) is 31.6. The second-order valence-corrected chi connectivity index (χ2v) is 13.7. The summed E-state index contributed by atoms with van der Waals surface area (Å²) in [5.74, 6) is -0.931. The van der Waals surface area contributed by atoms with Gasteiger partial charge < -0.3 is 24.6 Å². The molecule has 0 bridgehead atoms. The third-order valence-corrected chi connectivity index (χ3v) is 8.71. The Kier molecular flexibility index (Phi) is 30.8. The van der Waals surface area contributed by atoms with Gasteiger partial charge in [0, 0.05) is 12.8 Å². The maximum Gasteiger partial charge on any atom is 0.472 e. The van der Waals surface area contributed by atoms with Crippen LogP contribution in [-0.4, -0.2) is 65.7 Å². The van der Waals surface area contributed by atoms with Crippen molar-refractivity contribution in [2.45, 2.75) is 180 Å². The van der Waals surface area contributed by atoms with Gasteiger partial charge in [-0.2, -0.15) is 0 Å². The van der Waals surface area contributed by atoms with Crippen molar-refractivity contribution in [2.24, 2.45) is 0 Å². The Bertz CT molecular complexity index is 736. The lowest BCUT2D eigenvalue weighted by Gasteiger charge is -2.20. The van der Waals surface area contributed by atoms with Crippen molar-refractivity contribution in [1.82, 2.24) is 0 Å². The van der Waals surface area contributed by atoms with E-state index in [1.165, 1.54) is 83.5 Å². The van der Waals surface area contributed by atoms with E-state index in [2.05, 4.69) is 18.4 Å². The highest BCUT2D eigenvalue weighted by molar-refractivity contribution is 7.47. The number of phosphoric ester groups is 1. The summed E-state index contributed by atoms with van der Waals surface area (Å²) in [6, 6.07) is 0. The molecule has 11 heteroatoms. The average Bonchev–Trinajstić information content (AvgIpc) is 3.02. The van der Waals surface area contributed by atoms with Gasteiger partial charge in [0.25, 0.3) is 0 Å². The SMILES string of the molecule is CCCCCCCCCCCCCCCCCCCC(=O)OC(COC(=O)CCCCCCC)COP(=O)(O)OCC(O)CO. The fourth-order valence-electron chi connectivity index (χ4n) is 4.93. The Morgan fingerprint density at radius 2 is 0.956 bits per heavy atom. The van der Waals surface area contributed by atoms with Crippen LogP contribution in [-0.2, 0) is 32.7 Å². The van der Waals surface area contributed by atoms with E-state index in [-0.39, 0.29) is 19.4 Å². The molecule has 0 saturated heterocycles. The van der Waals surface area contributed by atoms with Crippen LogP contribution >= 0.6 is 7.82 Å². The molecule has 0 spiro atoms. The number of esters is 2. The molecule has 0 aliphatic carbocycles. The largest absolute Gasteiger partial charge is 0.472 e. The van der Waals surface area contributed by atoms with Gasteiger partial charge in [-0.3, -0.25) is 18.6 Å². The summed E-state index contributed by atoms with van der Waals surface area (Å²) in [6.45, 7) is 2.28. The summed E-state index contributed by atoms with van der Waals surface area (Å²) in [5, 5.41) is 18.2. The van der Waals surface area contributed by atoms with E-state index in [4.69, 9.17) is 19.1 Å². The molecule has 268 valence electrons. The van der Waals surface area contributed by atoms with Gasteiger partial charge in [-0.25, -0.2) is 4.57 Å². The number of hydrogen-bond acceptors (Lipinski definition) is 9. The molecule has 0 amide bonds. The zero-order chi connectivity index (χ0) is 33.4. The molecule has 3 atom stereocenters. The van der Waals surface area contributed by atoms with E-state index in [0.29, 0.717) is 12.8 Å². The molecule has 0 saturated carbocycles. The Morgan fingerprint density at radius 3 is 1.38 bits per heavy atom. The van der Waals surface area contributed by atoms with Crippen LogP contribution in [0.3, 0.4) is 0 Å². The lowest BCUT2D eigenvalue weighted by Crippen LogP contribution is -2.29. The summed E-state index contributed by atoms with van der Waals surface area (Å²) in [6.07, 6.45) is 24.1. The number of aliphatic hydroxyl groups is 2. The second-order valence-electron chi connectivity index (χ2n) is 12.3. The van der Waals surface area contributed by atoms with Crippen LogP contribution in [0.5, 0.6) is 0 Å². The number of rotatable bonds is 34. The van der Waals surface area contributed by atoms with Gasteiger partial charge in [0.2, 0.25) is 0 Å². The van der Waals surface area contributed by atoms with Crippen LogP contribution in [0.1, 0.15) is 168 Å². The van der Waals surface area contributed by atoms with E-state index in [1.54, 1.807) is 0 Å². The predicted molar refractivity (Wildman–Crippen MR) is 178 cm³/mol. The number of carbonyl (C=O) groups is 2. The quantitative estimate of drug-likeness (QED) is 0.0348. The van der Waals surface area contributed by atoms with Gasteiger partial charge in [-0.1, -0.05) is 142 Å². The smallest absolute Gasteiger partial charge is 0.462 e. The molecule has 0 aliphatic heterocycles. The monoisotopic (exact) mass is 666 g/mol. The van der Waals surface area contributed by atoms with Gasteiger partial charge in [0.15, 0.2) is 6.10 Å². The first-order valence-electron chi connectivity index (χ1n) is 18.0. The highest BCUT2D eigenvalue weighted by Gasteiger charge is 2.27. The number of phosphoric acid groups is 1. The highest BCUT2D eigenvalue weighted by atomic mass is 31.2. The summed E-state index contributed by atoms with van der Waals surface area (Å²) in [7, 11) is -4.59. The third-order valence-electron chi connectivity index (χ3n) is 7.76. The standard InChI is InChI=1S/C34H67O10P/c1-3-5-7-9-10-11-12-13-14-15-16-17-18-19-20-22-24-26-34(38)44-32(29-41-33(37)25-23-21-8-6-4-2)30-43-45(39,40)42-28-31(36)27-35/h31-32,35-36H,3-30H2,1-2H3,(H,39,40). The number of carbonyl (C=O) groups excluding carboxylic acids is 2. The van der Waals surface area contributed by atoms with E-state index in [1.807, 2.05) is 0 Å². The molecule has 0 heterocycles. The number of unbranched alkanes of at least 4 members (excludes halogenated alkanes) is 20. The predicted octanol–water partition coefficient (Wildman–Crippen LogP) is 8.33. The van der Waals surface area contributed by atoms with Gasteiger partial charge in [-0.05, 0) is 12.8 Å². The average molecular weight is 667 g/mol. The van der Waals surface area contributed by atoms with E-state index in [9.17, 15) is 24.2 Å². The molecule has 0 aromatic heterocycles.